The van der Waals surface area contributed by atoms with Crippen LogP contribution in [0, 0.1) is 0 Å². The maximum Gasteiger partial charge on any atom is 0.340 e. The number of halogens is 1. The minimum atomic E-state index is -0.510. The smallest absolute Gasteiger partial charge is 0.340 e. The van der Waals surface area contributed by atoms with Crippen LogP contribution >= 0.6 is 22.9 Å². The Bertz CT molecular complexity index is 683. The average molecular weight is 326 g/mol. The van der Waals surface area contributed by atoms with Gasteiger partial charge in [-0.2, -0.15) is 0 Å². The van der Waals surface area contributed by atoms with Crippen molar-refractivity contribution in [3.8, 4) is 5.75 Å². The van der Waals surface area contributed by atoms with Crippen LogP contribution in [0.4, 0.5) is 5.00 Å². The Balaban J connectivity index is 2.29. The van der Waals surface area contributed by atoms with Gasteiger partial charge in [-0.05, 0) is 29.6 Å². The fourth-order valence-corrected chi connectivity index (χ4v) is 2.65. The highest BCUT2D eigenvalue weighted by atomic mass is 35.5. The molecule has 0 aliphatic heterocycles. The van der Waals surface area contributed by atoms with Crippen LogP contribution in [0.2, 0.25) is 5.02 Å². The number of benzene rings is 1. The number of nitrogens with one attached hydrogen (secondary N) is 1. The quantitative estimate of drug-likeness (QED) is 0.874. The Hall–Kier alpha value is -2.05. The number of amides is 1. The highest BCUT2D eigenvalue weighted by Crippen LogP contribution is 2.27. The van der Waals surface area contributed by atoms with Gasteiger partial charge in [0.1, 0.15) is 10.8 Å². The average Bonchev–Trinajstić information content (AvgIpc) is 2.94. The first-order valence-electron chi connectivity index (χ1n) is 5.87. The van der Waals surface area contributed by atoms with Crippen LogP contribution in [-0.2, 0) is 4.74 Å². The Morgan fingerprint density at radius 3 is 2.62 bits per heavy atom. The molecule has 0 unspecified atom stereocenters. The molecule has 2 aromatic rings. The molecule has 1 amide bonds. The van der Waals surface area contributed by atoms with Gasteiger partial charge in [0.25, 0.3) is 5.91 Å². The second-order valence-electron chi connectivity index (χ2n) is 3.95. The number of hydrogen-bond acceptors (Lipinski definition) is 5. The maximum atomic E-state index is 12.3. The molecule has 0 atom stereocenters. The van der Waals surface area contributed by atoms with Crippen molar-refractivity contribution in [2.45, 2.75) is 0 Å². The Kier molecular flexibility index (Phi) is 4.82. The van der Waals surface area contributed by atoms with E-state index in [0.717, 1.165) is 0 Å². The molecule has 0 saturated heterocycles. The minimum absolute atomic E-state index is 0.286. The van der Waals surface area contributed by atoms with Gasteiger partial charge in [-0.15, -0.1) is 11.3 Å². The summed E-state index contributed by atoms with van der Waals surface area (Å²) in [6, 6.07) is 6.32. The summed E-state index contributed by atoms with van der Waals surface area (Å²) in [5.74, 6) is -0.528. The summed E-state index contributed by atoms with van der Waals surface area (Å²) in [5, 5.41) is 5.18. The van der Waals surface area contributed by atoms with Gasteiger partial charge < -0.3 is 14.8 Å². The summed E-state index contributed by atoms with van der Waals surface area (Å²) in [4.78, 5) is 23.9. The third-order valence-electron chi connectivity index (χ3n) is 2.70. The largest absolute Gasteiger partial charge is 0.496 e. The first-order chi connectivity index (χ1) is 10.1. The van der Waals surface area contributed by atoms with E-state index in [1.165, 1.54) is 31.6 Å². The molecule has 7 heteroatoms. The van der Waals surface area contributed by atoms with Gasteiger partial charge in [0, 0.05) is 5.02 Å². The fourth-order valence-electron chi connectivity index (χ4n) is 1.70. The molecular weight excluding hydrogens is 314 g/mol. The molecule has 0 aliphatic carbocycles. The number of carbonyl (C=O) groups is 2. The van der Waals surface area contributed by atoms with Crippen molar-refractivity contribution >= 4 is 39.8 Å². The Morgan fingerprint density at radius 1 is 1.19 bits per heavy atom. The fraction of sp³-hybridized carbons (Fsp3) is 0.143. The van der Waals surface area contributed by atoms with Gasteiger partial charge in [-0.3, -0.25) is 4.79 Å². The zero-order chi connectivity index (χ0) is 15.4. The van der Waals surface area contributed by atoms with Crippen molar-refractivity contribution in [2.75, 3.05) is 19.5 Å². The van der Waals surface area contributed by atoms with Gasteiger partial charge in [-0.1, -0.05) is 11.6 Å². The molecule has 0 spiro atoms. The third-order valence-corrected chi connectivity index (χ3v) is 3.77. The molecule has 1 aromatic heterocycles. The number of ether oxygens (including phenoxy) is 2. The first-order valence-corrected chi connectivity index (χ1v) is 7.13. The number of anilines is 1. The van der Waals surface area contributed by atoms with E-state index in [1.54, 1.807) is 23.6 Å². The third kappa shape index (κ3) is 3.34. The monoisotopic (exact) mass is 325 g/mol. The first kappa shape index (κ1) is 15.3. The molecule has 0 aliphatic rings. The second-order valence-corrected chi connectivity index (χ2v) is 5.31. The zero-order valence-corrected chi connectivity index (χ0v) is 12.9. The molecule has 110 valence electrons. The van der Waals surface area contributed by atoms with Crippen LogP contribution in [0.25, 0.3) is 0 Å². The summed E-state index contributed by atoms with van der Waals surface area (Å²) in [6.45, 7) is 0. The number of rotatable bonds is 4. The molecule has 5 nitrogen and oxygen atoms in total. The molecule has 0 fully saturated rings. The number of hydrogen-bond donors (Lipinski definition) is 1. The molecule has 0 bridgehead atoms. The molecule has 1 aromatic carbocycles. The van der Waals surface area contributed by atoms with E-state index in [2.05, 4.69) is 10.1 Å². The molecular formula is C14H12ClNO4S. The molecule has 0 radical (unpaired) electrons. The van der Waals surface area contributed by atoms with Gasteiger partial charge >= 0.3 is 5.97 Å². The number of methoxy groups -OCH3 is 2. The van der Waals surface area contributed by atoms with Gasteiger partial charge in [0.2, 0.25) is 0 Å². The number of esters is 1. The van der Waals surface area contributed by atoms with Crippen molar-refractivity contribution in [1.29, 1.82) is 0 Å². The van der Waals surface area contributed by atoms with Crippen molar-refractivity contribution in [2.24, 2.45) is 0 Å². The Morgan fingerprint density at radius 2 is 1.95 bits per heavy atom. The van der Waals surface area contributed by atoms with Crippen LogP contribution < -0.4 is 10.1 Å². The van der Waals surface area contributed by atoms with Crippen molar-refractivity contribution < 1.29 is 19.1 Å². The molecule has 1 heterocycles. The summed E-state index contributed by atoms with van der Waals surface area (Å²) < 4.78 is 9.79. The van der Waals surface area contributed by atoms with Crippen LogP contribution in [-0.4, -0.2) is 26.1 Å². The zero-order valence-electron chi connectivity index (χ0n) is 11.3. The topological polar surface area (TPSA) is 64.6 Å². The van der Waals surface area contributed by atoms with Crippen molar-refractivity contribution in [3.63, 3.8) is 0 Å². The maximum absolute atomic E-state index is 12.3. The van der Waals surface area contributed by atoms with Gasteiger partial charge in [-0.25, -0.2) is 4.79 Å². The van der Waals surface area contributed by atoms with Crippen molar-refractivity contribution in [3.05, 3.63) is 45.8 Å². The summed E-state index contributed by atoms with van der Waals surface area (Å²) in [7, 11) is 2.75. The van der Waals surface area contributed by atoms with Crippen LogP contribution in [0.1, 0.15) is 20.7 Å². The van der Waals surface area contributed by atoms with Crippen LogP contribution in [0.15, 0.2) is 29.6 Å². The molecule has 21 heavy (non-hydrogen) atoms. The van der Waals surface area contributed by atoms with Gasteiger partial charge in [0.05, 0.1) is 25.3 Å². The molecule has 0 saturated carbocycles. The van der Waals surface area contributed by atoms with Crippen LogP contribution in [0.5, 0.6) is 5.75 Å². The van der Waals surface area contributed by atoms with E-state index < -0.39 is 11.9 Å². The lowest BCUT2D eigenvalue weighted by Gasteiger charge is -2.09. The standard InChI is InChI=1S/C14H12ClNO4S/c1-19-11-4-3-8(15)7-10(11)12(17)16-13-9(5-6-21-13)14(18)20-2/h3-7H,1-2H3,(H,16,17). The van der Waals surface area contributed by atoms with Gasteiger partial charge in [0.15, 0.2) is 0 Å². The highest BCUT2D eigenvalue weighted by Gasteiger charge is 2.18. The van der Waals surface area contributed by atoms with Crippen LogP contribution in [0.3, 0.4) is 0 Å². The van der Waals surface area contributed by atoms with Crippen molar-refractivity contribution in [1.82, 2.24) is 0 Å². The summed E-state index contributed by atoms with van der Waals surface area (Å²) in [5.41, 5.74) is 0.589. The highest BCUT2D eigenvalue weighted by molar-refractivity contribution is 7.14. The summed E-state index contributed by atoms with van der Waals surface area (Å²) >= 11 is 7.12. The lowest BCUT2D eigenvalue weighted by molar-refractivity contribution is 0.0602. The van der Waals surface area contributed by atoms with E-state index in [-0.39, 0.29) is 5.56 Å². The number of thiophene rings is 1. The van der Waals surface area contributed by atoms with E-state index >= 15 is 0 Å². The van der Waals surface area contributed by atoms with E-state index in [0.29, 0.717) is 21.3 Å². The predicted molar refractivity (Wildman–Crippen MR) is 81.6 cm³/mol. The summed E-state index contributed by atoms with van der Waals surface area (Å²) in [6.07, 6.45) is 0. The predicted octanol–water partition coefficient (Wildman–Crippen LogP) is 3.45. The lowest BCUT2D eigenvalue weighted by atomic mass is 10.2. The SMILES string of the molecule is COC(=O)c1ccsc1NC(=O)c1cc(Cl)ccc1OC. The number of carbonyl (C=O) groups excluding carboxylic acids is 2. The Labute approximate surface area is 130 Å². The normalized spacial score (nSPS) is 10.0. The molecule has 2 rings (SSSR count). The second kappa shape index (κ2) is 6.60. The minimum Gasteiger partial charge on any atom is -0.496 e. The van der Waals surface area contributed by atoms with E-state index in [4.69, 9.17) is 16.3 Å². The lowest BCUT2D eigenvalue weighted by Crippen LogP contribution is -2.14. The molecule has 1 N–H and O–H groups in total. The van der Waals surface area contributed by atoms with E-state index in [1.807, 2.05) is 0 Å². The van der Waals surface area contributed by atoms with E-state index in [9.17, 15) is 9.59 Å².